The molecule has 0 bridgehead atoms. The van der Waals surface area contributed by atoms with Crippen LogP contribution in [-0.4, -0.2) is 14.7 Å². The first kappa shape index (κ1) is 10.2. The van der Waals surface area contributed by atoms with Crippen LogP contribution in [0.4, 0.5) is 0 Å². The predicted molar refractivity (Wildman–Crippen MR) is 51.7 cm³/mol. The molecular weight excluding hydrogens is 186 g/mol. The van der Waals surface area contributed by atoms with E-state index in [2.05, 4.69) is 10.8 Å². The lowest BCUT2D eigenvalue weighted by molar-refractivity contribution is 0.573. The Kier molecular flexibility index (Phi) is 3.06. The molecule has 71 valence electrons. The predicted octanol–water partition coefficient (Wildman–Crippen LogP) is 1.10. The molecule has 0 aromatic heterocycles. The number of rotatable bonds is 3. The summed E-state index contributed by atoms with van der Waals surface area (Å²) in [6.07, 6.45) is 1.15. The molecule has 0 heterocycles. The van der Waals surface area contributed by atoms with E-state index in [-0.39, 0.29) is 6.04 Å². The molecule has 1 unspecified atom stereocenters. The minimum Gasteiger partial charge on any atom is -0.213 e. The fourth-order valence-corrected chi connectivity index (χ4v) is 1.86. The zero-order valence-corrected chi connectivity index (χ0v) is 8.43. The van der Waals surface area contributed by atoms with Gasteiger partial charge in [0.25, 0.3) is 0 Å². The van der Waals surface area contributed by atoms with Crippen LogP contribution in [-0.2, 0) is 10.0 Å². The normalized spacial score (nSPS) is 14.0. The highest BCUT2D eigenvalue weighted by Crippen LogP contribution is 2.11. The molecule has 0 amide bonds. The molecule has 0 aliphatic carbocycles. The molecule has 0 saturated carbocycles. The minimum atomic E-state index is -3.13. The lowest BCUT2D eigenvalue weighted by atomic mass is 10.1. The van der Waals surface area contributed by atoms with Crippen molar-refractivity contribution in [3.8, 4) is 0 Å². The van der Waals surface area contributed by atoms with Gasteiger partial charge in [0.15, 0.2) is 0 Å². The first-order valence-corrected chi connectivity index (χ1v) is 5.81. The molecule has 1 atom stereocenters. The van der Waals surface area contributed by atoms with Gasteiger partial charge >= 0.3 is 0 Å². The average molecular weight is 198 g/mol. The van der Waals surface area contributed by atoms with E-state index in [4.69, 9.17) is 0 Å². The van der Waals surface area contributed by atoms with E-state index in [0.717, 1.165) is 11.8 Å². The second-order valence-electron chi connectivity index (χ2n) is 2.95. The Morgan fingerprint density at radius 2 is 1.92 bits per heavy atom. The molecule has 0 aliphatic heterocycles. The van der Waals surface area contributed by atoms with Crippen molar-refractivity contribution in [2.24, 2.45) is 0 Å². The van der Waals surface area contributed by atoms with E-state index in [0.29, 0.717) is 0 Å². The number of sulfonamides is 1. The Balaban J connectivity index is 2.76. The zero-order valence-electron chi connectivity index (χ0n) is 7.61. The number of benzene rings is 1. The maximum atomic E-state index is 10.9. The summed E-state index contributed by atoms with van der Waals surface area (Å²) in [7, 11) is -3.13. The Morgan fingerprint density at radius 1 is 1.38 bits per heavy atom. The summed E-state index contributed by atoms with van der Waals surface area (Å²) in [4.78, 5) is 0. The quantitative estimate of drug-likeness (QED) is 0.790. The Bertz CT molecular complexity index is 358. The second-order valence-corrected chi connectivity index (χ2v) is 4.73. The van der Waals surface area contributed by atoms with Gasteiger partial charge in [-0.25, -0.2) is 13.1 Å². The van der Waals surface area contributed by atoms with Crippen molar-refractivity contribution in [1.82, 2.24) is 4.72 Å². The van der Waals surface area contributed by atoms with Gasteiger partial charge in [-0.15, -0.1) is 0 Å². The third-order valence-corrected chi connectivity index (χ3v) is 2.42. The molecule has 0 saturated heterocycles. The highest BCUT2D eigenvalue weighted by Gasteiger charge is 2.09. The maximum Gasteiger partial charge on any atom is 0.209 e. The molecule has 13 heavy (non-hydrogen) atoms. The molecule has 3 nitrogen and oxygen atoms in total. The summed E-state index contributed by atoms with van der Waals surface area (Å²) in [6.45, 7) is 1.80. The van der Waals surface area contributed by atoms with Gasteiger partial charge in [-0.2, -0.15) is 0 Å². The lowest BCUT2D eigenvalue weighted by Gasteiger charge is -2.11. The zero-order chi connectivity index (χ0) is 9.90. The Hall–Kier alpha value is -0.870. The van der Waals surface area contributed by atoms with Gasteiger partial charge in [-0.05, 0) is 18.6 Å². The van der Waals surface area contributed by atoms with Crippen molar-refractivity contribution in [2.45, 2.75) is 13.0 Å². The van der Waals surface area contributed by atoms with Gasteiger partial charge in [0.05, 0.1) is 6.26 Å². The fraction of sp³-hybridized carbons (Fsp3) is 0.333. The van der Waals surface area contributed by atoms with Crippen LogP contribution >= 0.6 is 0 Å². The van der Waals surface area contributed by atoms with Gasteiger partial charge < -0.3 is 0 Å². The highest BCUT2D eigenvalue weighted by molar-refractivity contribution is 7.88. The van der Waals surface area contributed by atoms with Gasteiger partial charge in [-0.1, -0.05) is 24.3 Å². The first-order chi connectivity index (χ1) is 5.99. The molecule has 1 radical (unpaired) electrons. The third-order valence-electron chi connectivity index (χ3n) is 1.63. The van der Waals surface area contributed by atoms with Crippen molar-refractivity contribution in [3.63, 3.8) is 0 Å². The standard InChI is InChI=1S/C9H12NO2S/c1-8(10-13(2,11)12)9-6-4-3-5-7-9/h4-8,10H,1-2H3. The molecule has 1 N–H and O–H groups in total. The molecule has 0 fully saturated rings. The largest absolute Gasteiger partial charge is 0.213 e. The van der Waals surface area contributed by atoms with Crippen LogP contribution in [0.2, 0.25) is 0 Å². The van der Waals surface area contributed by atoms with Crippen LogP contribution in [0.5, 0.6) is 0 Å². The second kappa shape index (κ2) is 3.89. The van der Waals surface area contributed by atoms with Crippen LogP contribution in [0.25, 0.3) is 0 Å². The number of nitrogens with one attached hydrogen (secondary N) is 1. The highest BCUT2D eigenvalue weighted by atomic mass is 32.2. The molecular formula is C9H12NO2S. The van der Waals surface area contributed by atoms with E-state index < -0.39 is 10.0 Å². The summed E-state index contributed by atoms with van der Waals surface area (Å²) in [5.41, 5.74) is 0.934. The molecule has 0 spiro atoms. The number of hydrogen-bond donors (Lipinski definition) is 1. The van der Waals surface area contributed by atoms with Crippen LogP contribution < -0.4 is 4.72 Å². The Labute approximate surface area is 78.8 Å². The van der Waals surface area contributed by atoms with Crippen molar-refractivity contribution in [1.29, 1.82) is 0 Å². The van der Waals surface area contributed by atoms with Gasteiger partial charge in [0.1, 0.15) is 0 Å². The lowest BCUT2D eigenvalue weighted by Crippen LogP contribution is -2.25. The van der Waals surface area contributed by atoms with Gasteiger partial charge in [0, 0.05) is 6.04 Å². The SMILES string of the molecule is CC(NS(C)(=O)=O)c1cc[c]cc1. The van der Waals surface area contributed by atoms with Crippen molar-refractivity contribution < 1.29 is 8.42 Å². The topological polar surface area (TPSA) is 46.2 Å². The summed E-state index contributed by atoms with van der Waals surface area (Å²) in [6, 6.07) is 9.87. The summed E-state index contributed by atoms with van der Waals surface area (Å²) < 4.78 is 24.3. The average Bonchev–Trinajstić information content (AvgIpc) is 2.03. The van der Waals surface area contributed by atoms with Crippen molar-refractivity contribution in [2.75, 3.05) is 6.26 Å². The third kappa shape index (κ3) is 3.57. The van der Waals surface area contributed by atoms with E-state index in [1.165, 1.54) is 0 Å². The molecule has 1 rings (SSSR count). The van der Waals surface area contributed by atoms with E-state index in [1.54, 1.807) is 19.1 Å². The summed E-state index contributed by atoms with van der Waals surface area (Å²) >= 11 is 0. The van der Waals surface area contributed by atoms with E-state index in [9.17, 15) is 8.42 Å². The van der Waals surface area contributed by atoms with Crippen molar-refractivity contribution in [3.05, 3.63) is 35.9 Å². The van der Waals surface area contributed by atoms with E-state index >= 15 is 0 Å². The van der Waals surface area contributed by atoms with Crippen LogP contribution in [0, 0.1) is 6.07 Å². The first-order valence-electron chi connectivity index (χ1n) is 3.92. The monoisotopic (exact) mass is 198 g/mol. The summed E-state index contributed by atoms with van der Waals surface area (Å²) in [5.74, 6) is 0. The number of hydrogen-bond acceptors (Lipinski definition) is 2. The smallest absolute Gasteiger partial charge is 0.209 e. The maximum absolute atomic E-state index is 10.9. The fourth-order valence-electron chi connectivity index (χ4n) is 1.08. The van der Waals surface area contributed by atoms with Crippen molar-refractivity contribution >= 4 is 10.0 Å². The summed E-state index contributed by atoms with van der Waals surface area (Å²) in [5, 5.41) is 0. The van der Waals surface area contributed by atoms with Crippen LogP contribution in [0.3, 0.4) is 0 Å². The molecule has 1 aromatic carbocycles. The van der Waals surface area contributed by atoms with Crippen LogP contribution in [0.15, 0.2) is 24.3 Å². The Morgan fingerprint density at radius 3 is 2.38 bits per heavy atom. The molecule has 0 aliphatic rings. The minimum absolute atomic E-state index is 0.190. The van der Waals surface area contributed by atoms with Gasteiger partial charge in [-0.3, -0.25) is 0 Å². The molecule has 4 heteroatoms. The van der Waals surface area contributed by atoms with Crippen LogP contribution in [0.1, 0.15) is 18.5 Å². The molecule has 1 aromatic rings. The van der Waals surface area contributed by atoms with Gasteiger partial charge in [0.2, 0.25) is 10.0 Å². The van der Waals surface area contributed by atoms with E-state index in [1.807, 2.05) is 12.1 Å².